The molecule has 3 aromatic rings. The fraction of sp³-hybridized carbons (Fsp3) is 0.429. The molecule has 7 nitrogen and oxygen atoms in total. The summed E-state index contributed by atoms with van der Waals surface area (Å²) in [5.74, 6) is 1.35. The number of rotatable bonds is 11. The molecule has 0 saturated heterocycles. The third-order valence-electron chi connectivity index (χ3n) is 6.71. The first kappa shape index (κ1) is 25.8. The lowest BCUT2D eigenvalue weighted by atomic mass is 9.94. The van der Waals surface area contributed by atoms with Crippen molar-refractivity contribution in [3.63, 3.8) is 0 Å². The molecule has 4 rings (SSSR count). The van der Waals surface area contributed by atoms with E-state index in [4.69, 9.17) is 13.9 Å². The largest absolute Gasteiger partial charge is 0.493 e. The highest BCUT2D eigenvalue weighted by Gasteiger charge is 2.31. The van der Waals surface area contributed by atoms with Gasteiger partial charge in [-0.15, -0.1) is 11.3 Å². The maximum Gasteiger partial charge on any atom is 0.290 e. The molecule has 1 aliphatic carbocycles. The molecule has 0 atom stereocenters. The topological polar surface area (TPSA) is 72.2 Å². The highest BCUT2D eigenvalue weighted by atomic mass is 32.1. The Morgan fingerprint density at radius 2 is 1.83 bits per heavy atom. The van der Waals surface area contributed by atoms with Crippen LogP contribution < -0.4 is 9.47 Å². The van der Waals surface area contributed by atoms with Crippen LogP contribution in [0.4, 0.5) is 0 Å². The van der Waals surface area contributed by atoms with E-state index >= 15 is 0 Å². The Morgan fingerprint density at radius 1 is 1.03 bits per heavy atom. The highest BCUT2D eigenvalue weighted by Crippen LogP contribution is 2.28. The van der Waals surface area contributed by atoms with Crippen LogP contribution in [0.5, 0.6) is 11.5 Å². The lowest BCUT2D eigenvalue weighted by Crippen LogP contribution is -2.48. The summed E-state index contributed by atoms with van der Waals surface area (Å²) in [5, 5.41) is 2.01. The van der Waals surface area contributed by atoms with Crippen LogP contribution in [-0.2, 0) is 17.8 Å². The first-order valence-corrected chi connectivity index (χ1v) is 13.3. The van der Waals surface area contributed by atoms with Gasteiger partial charge in [0, 0.05) is 17.5 Å². The summed E-state index contributed by atoms with van der Waals surface area (Å²) in [6, 6.07) is 13.3. The van der Waals surface area contributed by atoms with E-state index < -0.39 is 0 Å². The van der Waals surface area contributed by atoms with Gasteiger partial charge in [-0.2, -0.15) is 0 Å². The van der Waals surface area contributed by atoms with Crippen LogP contribution in [0.1, 0.15) is 53.1 Å². The molecule has 1 aromatic carbocycles. The van der Waals surface area contributed by atoms with Crippen molar-refractivity contribution in [1.82, 2.24) is 9.80 Å². The van der Waals surface area contributed by atoms with Gasteiger partial charge in [0.15, 0.2) is 17.3 Å². The van der Waals surface area contributed by atoms with Crippen molar-refractivity contribution in [2.24, 2.45) is 0 Å². The zero-order chi connectivity index (χ0) is 25.3. The molecular formula is C28H34N2O5S. The van der Waals surface area contributed by atoms with Crippen molar-refractivity contribution >= 4 is 23.2 Å². The Morgan fingerprint density at radius 3 is 2.50 bits per heavy atom. The fourth-order valence-corrected chi connectivity index (χ4v) is 5.45. The predicted molar refractivity (Wildman–Crippen MR) is 140 cm³/mol. The minimum Gasteiger partial charge on any atom is -0.493 e. The van der Waals surface area contributed by atoms with E-state index in [9.17, 15) is 9.59 Å². The standard InChI is InChI=1S/C28H34N2O5S/c1-33-24-13-12-21(18-26(24)34-2)14-15-29(19-23-10-7-17-36-23)27(31)20-30(22-8-4-3-5-9-22)28(32)25-11-6-16-35-25/h6-7,10-13,16-18,22H,3-5,8-9,14-15,19-20H2,1-2H3. The number of furan rings is 1. The van der Waals surface area contributed by atoms with Gasteiger partial charge in [-0.3, -0.25) is 9.59 Å². The van der Waals surface area contributed by atoms with Crippen LogP contribution in [0, 0.1) is 0 Å². The van der Waals surface area contributed by atoms with E-state index in [2.05, 4.69) is 0 Å². The highest BCUT2D eigenvalue weighted by molar-refractivity contribution is 7.09. The minimum absolute atomic E-state index is 0.0432. The summed E-state index contributed by atoms with van der Waals surface area (Å²) in [5.41, 5.74) is 1.05. The van der Waals surface area contributed by atoms with Gasteiger partial charge in [0.2, 0.25) is 5.91 Å². The summed E-state index contributed by atoms with van der Waals surface area (Å²) >= 11 is 1.63. The molecule has 0 spiro atoms. The van der Waals surface area contributed by atoms with Gasteiger partial charge in [0.05, 0.1) is 27.0 Å². The molecule has 2 aromatic heterocycles. The molecular weight excluding hydrogens is 476 g/mol. The molecule has 2 heterocycles. The van der Waals surface area contributed by atoms with Crippen LogP contribution in [0.3, 0.4) is 0 Å². The van der Waals surface area contributed by atoms with E-state index in [-0.39, 0.29) is 30.2 Å². The number of thiophene rings is 1. The Bertz CT molecular complexity index is 1110. The number of carbonyl (C=O) groups excluding carboxylic acids is 2. The van der Waals surface area contributed by atoms with Crippen LogP contribution in [-0.4, -0.2) is 55.0 Å². The summed E-state index contributed by atoms with van der Waals surface area (Å²) < 4.78 is 16.2. The van der Waals surface area contributed by atoms with Crippen LogP contribution in [0.2, 0.25) is 0 Å². The zero-order valence-electron chi connectivity index (χ0n) is 21.0. The first-order chi connectivity index (χ1) is 17.6. The summed E-state index contributed by atoms with van der Waals surface area (Å²) in [6.45, 7) is 1.08. The molecule has 1 aliphatic rings. The first-order valence-electron chi connectivity index (χ1n) is 12.4. The molecule has 0 aliphatic heterocycles. The predicted octanol–water partition coefficient (Wildman–Crippen LogP) is 5.40. The molecule has 192 valence electrons. The molecule has 0 unspecified atom stereocenters. The molecule has 8 heteroatoms. The molecule has 2 amide bonds. The average Bonchev–Trinajstić information content (AvgIpc) is 3.64. The lowest BCUT2D eigenvalue weighted by Gasteiger charge is -2.35. The number of nitrogens with zero attached hydrogens (tertiary/aromatic N) is 2. The van der Waals surface area contributed by atoms with Crippen LogP contribution >= 0.6 is 11.3 Å². The van der Waals surface area contributed by atoms with Gasteiger partial charge in [-0.05, 0) is 60.5 Å². The minimum atomic E-state index is -0.212. The third kappa shape index (κ3) is 6.49. The number of hydrogen-bond donors (Lipinski definition) is 0. The maximum atomic E-state index is 13.7. The fourth-order valence-electron chi connectivity index (χ4n) is 4.73. The van der Waals surface area contributed by atoms with Gasteiger partial charge in [0.25, 0.3) is 5.91 Å². The van der Waals surface area contributed by atoms with E-state index in [0.29, 0.717) is 31.0 Å². The van der Waals surface area contributed by atoms with Crippen molar-refractivity contribution in [1.29, 1.82) is 0 Å². The van der Waals surface area contributed by atoms with Crippen molar-refractivity contribution in [2.45, 2.75) is 51.1 Å². The van der Waals surface area contributed by atoms with Gasteiger partial charge in [-0.25, -0.2) is 0 Å². The molecule has 0 bridgehead atoms. The summed E-state index contributed by atoms with van der Waals surface area (Å²) in [6.07, 6.45) is 7.29. The number of amides is 2. The number of carbonyl (C=O) groups is 2. The second-order valence-electron chi connectivity index (χ2n) is 9.04. The normalized spacial score (nSPS) is 13.8. The van der Waals surface area contributed by atoms with Crippen LogP contribution in [0.15, 0.2) is 58.5 Å². The maximum absolute atomic E-state index is 13.7. The Hall–Kier alpha value is -3.26. The Kier molecular flexibility index (Phi) is 9.06. The second-order valence-corrected chi connectivity index (χ2v) is 10.1. The van der Waals surface area contributed by atoms with E-state index in [1.54, 1.807) is 42.6 Å². The Balaban J connectivity index is 1.51. The van der Waals surface area contributed by atoms with E-state index in [1.165, 1.54) is 12.7 Å². The van der Waals surface area contributed by atoms with Crippen LogP contribution in [0.25, 0.3) is 0 Å². The molecule has 1 saturated carbocycles. The zero-order valence-corrected chi connectivity index (χ0v) is 21.8. The molecule has 36 heavy (non-hydrogen) atoms. The smallest absolute Gasteiger partial charge is 0.290 e. The van der Waals surface area contributed by atoms with Crippen molar-refractivity contribution in [3.05, 3.63) is 70.3 Å². The molecule has 0 radical (unpaired) electrons. The number of methoxy groups -OCH3 is 2. The molecule has 0 N–H and O–H groups in total. The van der Waals surface area contributed by atoms with Crippen molar-refractivity contribution in [2.75, 3.05) is 27.3 Å². The third-order valence-corrected chi connectivity index (χ3v) is 7.57. The monoisotopic (exact) mass is 510 g/mol. The lowest BCUT2D eigenvalue weighted by molar-refractivity contribution is -0.133. The number of benzene rings is 1. The Labute approximate surface area is 216 Å². The van der Waals surface area contributed by atoms with Gasteiger partial charge >= 0.3 is 0 Å². The van der Waals surface area contributed by atoms with E-state index in [1.807, 2.05) is 40.6 Å². The SMILES string of the molecule is COc1ccc(CCN(Cc2cccs2)C(=O)CN(C(=O)c2ccco2)C2CCCCC2)cc1OC. The van der Waals surface area contributed by atoms with Crippen molar-refractivity contribution < 1.29 is 23.5 Å². The average molecular weight is 511 g/mol. The second kappa shape index (κ2) is 12.6. The van der Waals surface area contributed by atoms with E-state index in [0.717, 1.165) is 36.1 Å². The van der Waals surface area contributed by atoms with Gasteiger partial charge < -0.3 is 23.7 Å². The van der Waals surface area contributed by atoms with Gasteiger partial charge in [-0.1, -0.05) is 31.4 Å². The number of ether oxygens (including phenoxy) is 2. The quantitative estimate of drug-likeness (QED) is 0.345. The van der Waals surface area contributed by atoms with Gasteiger partial charge in [0.1, 0.15) is 6.54 Å². The summed E-state index contributed by atoms with van der Waals surface area (Å²) in [4.78, 5) is 31.7. The van der Waals surface area contributed by atoms with Crippen molar-refractivity contribution in [3.8, 4) is 11.5 Å². The summed E-state index contributed by atoms with van der Waals surface area (Å²) in [7, 11) is 3.23. The number of hydrogen-bond acceptors (Lipinski definition) is 6. The molecule has 1 fully saturated rings.